The first-order valence-electron chi connectivity index (χ1n) is 6.17. The van der Waals surface area contributed by atoms with Gasteiger partial charge in [0, 0.05) is 17.5 Å². The number of hydrogen-bond donors (Lipinski definition) is 2. The summed E-state index contributed by atoms with van der Waals surface area (Å²) in [5.41, 5.74) is -1.06. The molecule has 0 heterocycles. The molecule has 0 aromatic heterocycles. The van der Waals surface area contributed by atoms with E-state index in [2.05, 4.69) is 0 Å². The fraction of sp³-hybridized carbons (Fsp3) is 0.846. The van der Waals surface area contributed by atoms with Crippen LogP contribution < -0.4 is 0 Å². The Morgan fingerprint density at radius 3 is 1.55 bits per heavy atom. The highest BCUT2D eigenvalue weighted by atomic mass is 35.5. The SMILES string of the molecule is CC(C)(C)N(C(CC(F)C(=O)O)C(=O)O)C(C)(C)C.Cl. The number of nitrogens with zero attached hydrogens (tertiary/aromatic N) is 1. The van der Waals surface area contributed by atoms with Crippen molar-refractivity contribution in [2.45, 2.75) is 71.3 Å². The molecule has 0 aliphatic rings. The number of carboxylic acid groups (broad SMARTS) is 2. The highest BCUT2D eigenvalue weighted by Crippen LogP contribution is 2.30. The maximum absolute atomic E-state index is 13.4. The molecule has 2 N–H and O–H groups in total. The largest absolute Gasteiger partial charge is 0.480 e. The highest BCUT2D eigenvalue weighted by Gasteiger charge is 2.42. The molecule has 0 saturated heterocycles. The number of rotatable bonds is 5. The predicted molar refractivity (Wildman–Crippen MR) is 77.2 cm³/mol. The van der Waals surface area contributed by atoms with Gasteiger partial charge in [-0.2, -0.15) is 0 Å². The number of hydrogen-bond acceptors (Lipinski definition) is 3. The van der Waals surface area contributed by atoms with Crippen molar-refractivity contribution in [3.8, 4) is 0 Å². The van der Waals surface area contributed by atoms with Crippen LogP contribution in [0.3, 0.4) is 0 Å². The average molecular weight is 314 g/mol. The second-order valence-electron chi connectivity index (χ2n) is 6.61. The van der Waals surface area contributed by atoms with Crippen LogP contribution in [0, 0.1) is 0 Å². The molecule has 0 amide bonds. The topological polar surface area (TPSA) is 77.8 Å². The van der Waals surface area contributed by atoms with Crippen LogP contribution in [0.15, 0.2) is 0 Å². The Kier molecular flexibility index (Phi) is 7.73. The predicted octanol–water partition coefficient (Wildman–Crippen LogP) is 2.57. The molecule has 0 spiro atoms. The van der Waals surface area contributed by atoms with Crippen LogP contribution in [0.1, 0.15) is 48.0 Å². The van der Waals surface area contributed by atoms with Gasteiger partial charge in [-0.15, -0.1) is 12.4 Å². The number of aliphatic carboxylic acids is 2. The van der Waals surface area contributed by atoms with Crippen LogP contribution in [0.5, 0.6) is 0 Å². The first kappa shape index (κ1) is 21.4. The van der Waals surface area contributed by atoms with Gasteiger partial charge < -0.3 is 10.2 Å². The molecule has 0 bridgehead atoms. The summed E-state index contributed by atoms with van der Waals surface area (Å²) in [4.78, 5) is 23.6. The third kappa shape index (κ3) is 6.05. The fourth-order valence-electron chi connectivity index (χ4n) is 2.55. The van der Waals surface area contributed by atoms with Crippen molar-refractivity contribution < 1.29 is 24.2 Å². The van der Waals surface area contributed by atoms with E-state index in [1.807, 2.05) is 41.5 Å². The molecule has 7 heteroatoms. The van der Waals surface area contributed by atoms with E-state index in [9.17, 15) is 19.1 Å². The molecule has 120 valence electrons. The minimum atomic E-state index is -2.19. The molecule has 0 aliphatic carbocycles. The van der Waals surface area contributed by atoms with Crippen LogP contribution in [0.25, 0.3) is 0 Å². The van der Waals surface area contributed by atoms with Crippen LogP contribution >= 0.6 is 12.4 Å². The normalized spacial score (nSPS) is 15.4. The molecule has 2 unspecified atom stereocenters. The second-order valence-corrected chi connectivity index (χ2v) is 6.61. The molecule has 5 nitrogen and oxygen atoms in total. The van der Waals surface area contributed by atoms with Crippen LogP contribution in [-0.2, 0) is 9.59 Å². The van der Waals surface area contributed by atoms with Gasteiger partial charge in [0.15, 0.2) is 6.17 Å². The standard InChI is InChI=1S/C13H24FNO4.ClH/c1-12(2,3)15(13(4,5)6)9(11(18)19)7-8(14)10(16)17;/h8-9H,7H2,1-6H3,(H,16,17)(H,18,19);1H. The molecular weight excluding hydrogens is 289 g/mol. The van der Waals surface area contributed by atoms with Gasteiger partial charge in [-0.1, -0.05) is 0 Å². The fourth-order valence-corrected chi connectivity index (χ4v) is 2.55. The molecule has 0 saturated carbocycles. The van der Waals surface area contributed by atoms with Crippen molar-refractivity contribution in [2.75, 3.05) is 0 Å². The van der Waals surface area contributed by atoms with E-state index in [-0.39, 0.29) is 12.4 Å². The van der Waals surface area contributed by atoms with Crippen molar-refractivity contribution in [2.24, 2.45) is 0 Å². The zero-order chi connectivity index (χ0) is 15.6. The first-order chi connectivity index (χ1) is 8.28. The van der Waals surface area contributed by atoms with E-state index in [0.717, 1.165) is 0 Å². The highest BCUT2D eigenvalue weighted by molar-refractivity contribution is 5.85. The molecule has 0 radical (unpaired) electrons. The number of carbonyl (C=O) groups is 2. The smallest absolute Gasteiger partial charge is 0.338 e. The Morgan fingerprint density at radius 2 is 1.35 bits per heavy atom. The lowest BCUT2D eigenvalue weighted by Crippen LogP contribution is -2.60. The third-order valence-electron chi connectivity index (χ3n) is 2.74. The van der Waals surface area contributed by atoms with Crippen LogP contribution in [0.2, 0.25) is 0 Å². The lowest BCUT2D eigenvalue weighted by atomic mass is 9.91. The minimum absolute atomic E-state index is 0. The Hall–Kier alpha value is -0.880. The number of carboxylic acids is 2. The zero-order valence-electron chi connectivity index (χ0n) is 12.8. The Bertz CT molecular complexity index is 335. The maximum atomic E-state index is 13.4. The van der Waals surface area contributed by atoms with E-state index in [0.29, 0.717) is 0 Å². The zero-order valence-corrected chi connectivity index (χ0v) is 13.6. The minimum Gasteiger partial charge on any atom is -0.480 e. The summed E-state index contributed by atoms with van der Waals surface area (Å²) in [6.07, 6.45) is -2.76. The van der Waals surface area contributed by atoms with Crippen molar-refractivity contribution in [3.63, 3.8) is 0 Å². The molecule has 0 fully saturated rings. The van der Waals surface area contributed by atoms with Gasteiger partial charge in [-0.3, -0.25) is 9.69 Å². The molecule has 20 heavy (non-hydrogen) atoms. The average Bonchev–Trinajstić information content (AvgIpc) is 2.11. The quantitative estimate of drug-likeness (QED) is 0.815. The second kappa shape index (κ2) is 7.22. The lowest BCUT2D eigenvalue weighted by Gasteiger charge is -2.48. The summed E-state index contributed by atoms with van der Waals surface area (Å²) in [6, 6.07) is -1.19. The van der Waals surface area contributed by atoms with Crippen molar-refractivity contribution in [1.82, 2.24) is 4.90 Å². The lowest BCUT2D eigenvalue weighted by molar-refractivity contribution is -0.154. The van der Waals surface area contributed by atoms with Gasteiger partial charge >= 0.3 is 11.9 Å². The molecule has 0 aliphatic heterocycles. The Morgan fingerprint density at radius 1 is 1.00 bits per heavy atom. The summed E-state index contributed by atoms with van der Waals surface area (Å²) >= 11 is 0. The summed E-state index contributed by atoms with van der Waals surface area (Å²) in [5, 5.41) is 17.9. The summed E-state index contributed by atoms with van der Waals surface area (Å²) in [6.45, 7) is 10.9. The van der Waals surface area contributed by atoms with Gasteiger partial charge in [-0.25, -0.2) is 9.18 Å². The van der Waals surface area contributed by atoms with E-state index < -0.39 is 41.7 Å². The van der Waals surface area contributed by atoms with Gasteiger partial charge in [0.05, 0.1) is 0 Å². The van der Waals surface area contributed by atoms with Crippen LogP contribution in [-0.4, -0.2) is 50.3 Å². The van der Waals surface area contributed by atoms with Crippen LogP contribution in [0.4, 0.5) is 4.39 Å². The maximum Gasteiger partial charge on any atom is 0.338 e. The summed E-state index contributed by atoms with van der Waals surface area (Å²) in [5.74, 6) is -2.84. The summed E-state index contributed by atoms with van der Waals surface area (Å²) < 4.78 is 13.4. The van der Waals surface area contributed by atoms with Gasteiger partial charge in [-0.05, 0) is 41.5 Å². The first-order valence-corrected chi connectivity index (χ1v) is 6.17. The molecule has 0 rings (SSSR count). The Labute approximate surface area is 125 Å². The molecule has 0 aromatic carbocycles. The molecular formula is C13H25ClFNO4. The summed E-state index contributed by atoms with van der Waals surface area (Å²) in [7, 11) is 0. The van der Waals surface area contributed by atoms with Crippen molar-refractivity contribution in [1.29, 1.82) is 0 Å². The molecule has 2 atom stereocenters. The van der Waals surface area contributed by atoms with E-state index in [1.54, 1.807) is 4.90 Å². The number of alkyl halides is 1. The monoisotopic (exact) mass is 313 g/mol. The van der Waals surface area contributed by atoms with Crippen molar-refractivity contribution >= 4 is 24.3 Å². The third-order valence-corrected chi connectivity index (χ3v) is 2.74. The van der Waals surface area contributed by atoms with Gasteiger partial charge in [0.25, 0.3) is 0 Å². The van der Waals surface area contributed by atoms with Gasteiger partial charge in [0.2, 0.25) is 0 Å². The van der Waals surface area contributed by atoms with E-state index >= 15 is 0 Å². The van der Waals surface area contributed by atoms with E-state index in [1.165, 1.54) is 0 Å². The number of halogens is 2. The Balaban J connectivity index is 0. The van der Waals surface area contributed by atoms with E-state index in [4.69, 9.17) is 5.11 Å². The van der Waals surface area contributed by atoms with Gasteiger partial charge in [0.1, 0.15) is 6.04 Å². The molecule has 0 aromatic rings. The van der Waals surface area contributed by atoms with Crippen molar-refractivity contribution in [3.05, 3.63) is 0 Å².